The van der Waals surface area contributed by atoms with Crippen molar-refractivity contribution in [3.05, 3.63) is 70.8 Å². The van der Waals surface area contributed by atoms with Gasteiger partial charge in [0.25, 0.3) is 0 Å². The minimum Gasteiger partial charge on any atom is -0.382 e. The lowest BCUT2D eigenvalue weighted by Crippen LogP contribution is -2.52. The minimum atomic E-state index is -0.345. The van der Waals surface area contributed by atoms with E-state index in [1.165, 1.54) is 42.5 Å². The number of anilines is 1. The number of amides is 1. The average molecular weight is 504 g/mol. The maximum atomic E-state index is 13.4. The summed E-state index contributed by atoms with van der Waals surface area (Å²) in [5.41, 5.74) is 5.86. The van der Waals surface area contributed by atoms with E-state index >= 15 is 0 Å². The lowest BCUT2D eigenvalue weighted by Gasteiger charge is -2.41. The quantitative estimate of drug-likeness (QED) is 0.418. The number of carbonyl (C=O) groups is 1. The molecule has 0 spiro atoms. The van der Waals surface area contributed by atoms with E-state index in [-0.39, 0.29) is 17.4 Å². The lowest BCUT2D eigenvalue weighted by molar-refractivity contribution is -0.124. The molecule has 4 fully saturated rings. The molecule has 190 valence electrons. The van der Waals surface area contributed by atoms with Gasteiger partial charge in [-0.05, 0) is 93.2 Å². The number of halogens is 1. The zero-order valence-corrected chi connectivity index (χ0v) is 22.1. The summed E-state index contributed by atoms with van der Waals surface area (Å²) in [5, 5.41) is 7.79. The molecule has 4 nitrogen and oxygen atoms in total. The third-order valence-corrected chi connectivity index (χ3v) is 9.09. The van der Waals surface area contributed by atoms with Gasteiger partial charge < -0.3 is 15.5 Å². The molecule has 2 atom stereocenters. The van der Waals surface area contributed by atoms with Gasteiger partial charge in [-0.3, -0.25) is 4.79 Å². The first kappa shape index (κ1) is 23.9. The Morgan fingerprint density at radius 1 is 1.00 bits per heavy atom. The fraction of sp³-hybridized carbons (Fsp3) is 0.516. The van der Waals surface area contributed by atoms with E-state index < -0.39 is 0 Å². The lowest BCUT2D eigenvalue weighted by atomic mass is 9.91. The monoisotopic (exact) mass is 503 g/mol. The second kappa shape index (κ2) is 9.45. The number of rotatable bonds is 9. The molecule has 2 aliphatic carbocycles. The van der Waals surface area contributed by atoms with Crippen LogP contribution in [0.25, 0.3) is 5.70 Å². The Morgan fingerprint density at radius 3 is 2.31 bits per heavy atom. The number of hydrogen-bond donors (Lipinski definition) is 2. The van der Waals surface area contributed by atoms with Gasteiger partial charge in [-0.1, -0.05) is 49.7 Å². The zero-order valence-electron chi connectivity index (χ0n) is 21.4. The van der Waals surface area contributed by atoms with Gasteiger partial charge in [-0.2, -0.15) is 0 Å². The highest BCUT2D eigenvalue weighted by Gasteiger charge is 2.52. The predicted octanol–water partition coefficient (Wildman–Crippen LogP) is 6.36. The first-order chi connectivity index (χ1) is 17.5. The number of aryl methyl sites for hydroxylation is 1. The molecule has 36 heavy (non-hydrogen) atoms. The van der Waals surface area contributed by atoms with E-state index in [0.717, 1.165) is 54.8 Å². The Hall–Kier alpha value is -2.46. The van der Waals surface area contributed by atoms with Crippen molar-refractivity contribution in [1.82, 2.24) is 10.6 Å². The SMILES string of the molecule is C=C(NC1CC1)c1ccc(N2C3CCC2CC(NC(=O)C2(c4ccc(Cl)cc4)CC2)C3)cc1CCC. The van der Waals surface area contributed by atoms with Crippen LogP contribution >= 0.6 is 11.6 Å². The number of benzene rings is 2. The van der Waals surface area contributed by atoms with Crippen LogP contribution < -0.4 is 15.5 Å². The highest BCUT2D eigenvalue weighted by molar-refractivity contribution is 6.30. The Bertz CT molecular complexity index is 1140. The van der Waals surface area contributed by atoms with Gasteiger partial charge in [0.1, 0.15) is 0 Å². The Labute approximate surface area is 220 Å². The molecule has 2 heterocycles. The average Bonchev–Trinajstić information content (AvgIpc) is 3.79. The van der Waals surface area contributed by atoms with Crippen molar-refractivity contribution in [2.75, 3.05) is 4.90 Å². The summed E-state index contributed by atoms with van der Waals surface area (Å²) in [6.07, 6.45) is 11.1. The van der Waals surface area contributed by atoms with Gasteiger partial charge in [-0.25, -0.2) is 0 Å². The van der Waals surface area contributed by atoms with Crippen LogP contribution in [-0.2, 0) is 16.6 Å². The Morgan fingerprint density at radius 2 is 1.69 bits per heavy atom. The van der Waals surface area contributed by atoms with E-state index in [1.807, 2.05) is 24.3 Å². The summed E-state index contributed by atoms with van der Waals surface area (Å²) in [6, 6.07) is 16.7. The second-order valence-electron chi connectivity index (χ2n) is 11.5. The molecule has 4 aliphatic rings. The first-order valence-corrected chi connectivity index (χ1v) is 14.3. The molecule has 0 aromatic heterocycles. The maximum absolute atomic E-state index is 13.4. The molecule has 6 rings (SSSR count). The van der Waals surface area contributed by atoms with Gasteiger partial charge >= 0.3 is 0 Å². The Balaban J connectivity index is 1.15. The normalized spacial score (nSPS) is 25.9. The number of fused-ring (bicyclic) bond motifs is 2. The molecule has 5 heteroatoms. The van der Waals surface area contributed by atoms with Crippen LogP contribution in [0.3, 0.4) is 0 Å². The topological polar surface area (TPSA) is 44.4 Å². The summed E-state index contributed by atoms with van der Waals surface area (Å²) in [4.78, 5) is 16.1. The van der Waals surface area contributed by atoms with Crippen LogP contribution in [0.2, 0.25) is 5.02 Å². The molecule has 2 unspecified atom stereocenters. The summed E-state index contributed by atoms with van der Waals surface area (Å²) in [7, 11) is 0. The summed E-state index contributed by atoms with van der Waals surface area (Å²) in [5.74, 6) is 0.207. The van der Waals surface area contributed by atoms with Crippen LogP contribution in [0.5, 0.6) is 0 Å². The minimum absolute atomic E-state index is 0.207. The smallest absolute Gasteiger partial charge is 0.230 e. The molecule has 2 aliphatic heterocycles. The molecule has 0 radical (unpaired) electrons. The van der Waals surface area contributed by atoms with Gasteiger partial charge in [-0.15, -0.1) is 0 Å². The van der Waals surface area contributed by atoms with Gasteiger partial charge in [0.05, 0.1) is 5.41 Å². The van der Waals surface area contributed by atoms with E-state index in [1.54, 1.807) is 0 Å². The molecule has 2 aromatic carbocycles. The van der Waals surface area contributed by atoms with E-state index in [0.29, 0.717) is 18.1 Å². The van der Waals surface area contributed by atoms with Crippen molar-refractivity contribution < 1.29 is 4.79 Å². The molecular formula is C31H38ClN3O. The molecule has 2 saturated carbocycles. The maximum Gasteiger partial charge on any atom is 0.230 e. The van der Waals surface area contributed by atoms with Crippen molar-refractivity contribution in [2.24, 2.45) is 0 Å². The molecule has 2 bridgehead atoms. The fourth-order valence-corrected chi connectivity index (χ4v) is 6.77. The van der Waals surface area contributed by atoms with Gasteiger partial charge in [0, 0.05) is 46.1 Å². The standard InChI is InChI=1S/C31H38ClN3O/c1-3-4-21-17-26(13-14-29(21)20(2)33-24-9-10-24)35-27-11-12-28(35)19-25(18-27)34-30(36)31(15-16-31)22-5-7-23(32)8-6-22/h5-8,13-14,17,24-25,27-28,33H,2-4,9-12,15-16,18-19H2,1H3,(H,34,36). The molecule has 2 N–H and O–H groups in total. The third-order valence-electron chi connectivity index (χ3n) is 8.84. The largest absolute Gasteiger partial charge is 0.382 e. The van der Waals surface area contributed by atoms with Crippen molar-refractivity contribution in [3.63, 3.8) is 0 Å². The molecule has 2 saturated heterocycles. The van der Waals surface area contributed by atoms with Crippen molar-refractivity contribution in [1.29, 1.82) is 0 Å². The molecule has 2 aromatic rings. The van der Waals surface area contributed by atoms with Crippen LogP contribution in [0.1, 0.15) is 81.4 Å². The van der Waals surface area contributed by atoms with E-state index in [2.05, 4.69) is 47.2 Å². The summed E-state index contributed by atoms with van der Waals surface area (Å²) < 4.78 is 0. The number of carbonyl (C=O) groups excluding carboxylic acids is 1. The number of nitrogens with zero attached hydrogens (tertiary/aromatic N) is 1. The predicted molar refractivity (Wildman–Crippen MR) is 148 cm³/mol. The van der Waals surface area contributed by atoms with Crippen LogP contribution in [0.4, 0.5) is 5.69 Å². The summed E-state index contributed by atoms with van der Waals surface area (Å²) in [6.45, 7) is 6.60. The van der Waals surface area contributed by atoms with Gasteiger partial charge in [0.15, 0.2) is 0 Å². The second-order valence-corrected chi connectivity index (χ2v) is 11.9. The third kappa shape index (κ3) is 4.53. The fourth-order valence-electron chi connectivity index (χ4n) is 6.64. The van der Waals surface area contributed by atoms with Crippen LogP contribution in [-0.4, -0.2) is 30.1 Å². The van der Waals surface area contributed by atoms with E-state index in [4.69, 9.17) is 11.6 Å². The number of nitrogens with one attached hydrogen (secondary N) is 2. The molecular weight excluding hydrogens is 466 g/mol. The highest BCUT2D eigenvalue weighted by atomic mass is 35.5. The Kier molecular flexibility index (Phi) is 6.27. The first-order valence-electron chi connectivity index (χ1n) is 13.9. The van der Waals surface area contributed by atoms with Crippen LogP contribution in [0, 0.1) is 0 Å². The van der Waals surface area contributed by atoms with Crippen LogP contribution in [0.15, 0.2) is 49.0 Å². The van der Waals surface area contributed by atoms with Crippen molar-refractivity contribution in [2.45, 2.75) is 101 Å². The number of piperidine rings is 1. The highest BCUT2D eigenvalue weighted by Crippen LogP contribution is 2.49. The van der Waals surface area contributed by atoms with Crippen molar-refractivity contribution in [3.8, 4) is 0 Å². The zero-order chi connectivity index (χ0) is 24.9. The summed E-state index contributed by atoms with van der Waals surface area (Å²) >= 11 is 6.08. The number of hydrogen-bond acceptors (Lipinski definition) is 3. The van der Waals surface area contributed by atoms with Crippen molar-refractivity contribution >= 4 is 28.9 Å². The molecule has 1 amide bonds. The van der Waals surface area contributed by atoms with Gasteiger partial charge in [0.2, 0.25) is 5.91 Å². The van der Waals surface area contributed by atoms with E-state index in [9.17, 15) is 4.79 Å².